The Morgan fingerprint density at radius 2 is 1.76 bits per heavy atom. The van der Waals surface area contributed by atoms with Gasteiger partial charge in [-0.15, -0.1) is 0 Å². The van der Waals surface area contributed by atoms with Crippen LogP contribution in [0.25, 0.3) is 0 Å². The average Bonchev–Trinajstić information content (AvgIpc) is 3.24. The van der Waals surface area contributed by atoms with Gasteiger partial charge in [-0.3, -0.25) is 0 Å². The van der Waals surface area contributed by atoms with Crippen molar-refractivity contribution in [3.05, 3.63) is 48.0 Å². The standard InChI is InChI=1S/C28H38O9/c1-14(2)26(34)13-16(4)27(35)18-12-15(3)20(29)28(18)24(32)25(33,22(37-28)19(27)21(26)30)10-11-36-23(31)17-8-6-5-7-9-17/h5-9,15-16,18-22,24,29-30,32-35H,1,10-13H2,2-4H3/t15?,16?,18-,19-,20?,21+,22-,24?,25?,26+,27-,28?/m0/s1. The molecule has 12 atom stereocenters. The Bertz CT molecular complexity index is 1080. The van der Waals surface area contributed by atoms with Crippen LogP contribution in [0.5, 0.6) is 0 Å². The van der Waals surface area contributed by atoms with E-state index in [9.17, 15) is 35.4 Å². The van der Waals surface area contributed by atoms with Crippen LogP contribution < -0.4 is 0 Å². The molecule has 204 valence electrons. The van der Waals surface area contributed by atoms with E-state index in [4.69, 9.17) is 9.47 Å². The minimum Gasteiger partial charge on any atom is -0.462 e. The van der Waals surface area contributed by atoms with Gasteiger partial charge in [0.2, 0.25) is 0 Å². The lowest BCUT2D eigenvalue weighted by atomic mass is 9.52. The van der Waals surface area contributed by atoms with E-state index in [1.807, 2.05) is 0 Å². The number of esters is 1. The third kappa shape index (κ3) is 3.32. The minimum atomic E-state index is -2.09. The summed E-state index contributed by atoms with van der Waals surface area (Å²) in [6, 6.07) is 8.34. The second kappa shape index (κ2) is 8.58. The van der Waals surface area contributed by atoms with Gasteiger partial charge in [-0.2, -0.15) is 0 Å². The molecule has 2 heterocycles. The molecule has 2 bridgehead atoms. The van der Waals surface area contributed by atoms with Gasteiger partial charge in [-0.1, -0.05) is 38.6 Å². The molecule has 9 heteroatoms. The Morgan fingerprint density at radius 1 is 1.11 bits per heavy atom. The van der Waals surface area contributed by atoms with Crippen LogP contribution in [0, 0.1) is 23.7 Å². The van der Waals surface area contributed by atoms with Crippen molar-refractivity contribution in [3.63, 3.8) is 0 Å². The van der Waals surface area contributed by atoms with Gasteiger partial charge in [0.15, 0.2) is 0 Å². The third-order valence-corrected chi connectivity index (χ3v) is 10.0. The maximum absolute atomic E-state index is 12.5. The normalized spacial score (nSPS) is 50.3. The number of aliphatic hydroxyl groups is 6. The Kier molecular flexibility index (Phi) is 6.20. The summed E-state index contributed by atoms with van der Waals surface area (Å²) in [5.74, 6) is -3.58. The smallest absolute Gasteiger partial charge is 0.338 e. The van der Waals surface area contributed by atoms with E-state index in [1.165, 1.54) is 0 Å². The highest BCUT2D eigenvalue weighted by atomic mass is 16.6. The first kappa shape index (κ1) is 26.7. The summed E-state index contributed by atoms with van der Waals surface area (Å²) in [6.45, 7) is 8.71. The molecule has 0 radical (unpaired) electrons. The van der Waals surface area contributed by atoms with Crippen molar-refractivity contribution >= 4 is 5.97 Å². The summed E-state index contributed by atoms with van der Waals surface area (Å²) in [5.41, 5.74) is -6.56. The molecule has 37 heavy (non-hydrogen) atoms. The van der Waals surface area contributed by atoms with Crippen LogP contribution in [0.15, 0.2) is 42.5 Å². The highest BCUT2D eigenvalue weighted by Crippen LogP contribution is 2.68. The zero-order valence-electron chi connectivity index (χ0n) is 21.4. The largest absolute Gasteiger partial charge is 0.462 e. The molecule has 5 rings (SSSR count). The molecular weight excluding hydrogens is 480 g/mol. The quantitative estimate of drug-likeness (QED) is 0.242. The van der Waals surface area contributed by atoms with E-state index in [2.05, 4.69) is 6.58 Å². The van der Waals surface area contributed by atoms with Gasteiger partial charge < -0.3 is 40.1 Å². The lowest BCUT2D eigenvalue weighted by molar-refractivity contribution is -0.325. The number of hydrogen-bond acceptors (Lipinski definition) is 9. The summed E-state index contributed by atoms with van der Waals surface area (Å²) in [6.07, 6.45) is -5.71. The third-order valence-electron chi connectivity index (χ3n) is 10.0. The van der Waals surface area contributed by atoms with Gasteiger partial charge in [0.05, 0.1) is 36.1 Å². The molecule has 6 N–H and O–H groups in total. The van der Waals surface area contributed by atoms with E-state index in [0.29, 0.717) is 17.6 Å². The van der Waals surface area contributed by atoms with Crippen LogP contribution in [0.1, 0.15) is 50.4 Å². The molecule has 0 amide bonds. The van der Waals surface area contributed by atoms with E-state index in [0.717, 1.165) is 0 Å². The highest BCUT2D eigenvalue weighted by Gasteiger charge is 2.83. The SMILES string of the molecule is C=C(C)[C@]1(O)CC(C)[C@@]2(O)[C@@H]([C@H]1O)[C@@H]1OC3(C(O)C(C)C[C@H]32)C(O)C1(O)CCOC(=O)c1ccccc1. The Labute approximate surface area is 216 Å². The molecule has 1 aromatic carbocycles. The first-order chi connectivity index (χ1) is 17.3. The van der Waals surface area contributed by atoms with Crippen molar-refractivity contribution in [2.24, 2.45) is 23.7 Å². The van der Waals surface area contributed by atoms with E-state index < -0.39 is 70.5 Å². The van der Waals surface area contributed by atoms with Gasteiger partial charge >= 0.3 is 5.97 Å². The lowest BCUT2D eigenvalue weighted by Gasteiger charge is -2.62. The van der Waals surface area contributed by atoms with Crippen molar-refractivity contribution < 1.29 is 44.9 Å². The van der Waals surface area contributed by atoms with Crippen LogP contribution >= 0.6 is 0 Å². The van der Waals surface area contributed by atoms with E-state index in [-0.39, 0.29) is 25.4 Å². The molecule has 1 aromatic rings. The minimum absolute atomic E-state index is 0.0173. The van der Waals surface area contributed by atoms with Gasteiger partial charge in [0.25, 0.3) is 0 Å². The maximum atomic E-state index is 12.5. The molecule has 9 nitrogen and oxygen atoms in total. The van der Waals surface area contributed by atoms with Gasteiger partial charge in [0.1, 0.15) is 22.9 Å². The van der Waals surface area contributed by atoms with Gasteiger partial charge in [0, 0.05) is 18.3 Å². The Morgan fingerprint density at radius 3 is 2.38 bits per heavy atom. The molecule has 0 aromatic heterocycles. The van der Waals surface area contributed by atoms with Crippen molar-refractivity contribution in [3.8, 4) is 0 Å². The zero-order valence-corrected chi connectivity index (χ0v) is 21.4. The number of rotatable bonds is 5. The molecule has 6 unspecified atom stereocenters. The predicted molar refractivity (Wildman–Crippen MR) is 131 cm³/mol. The molecular formula is C28H38O9. The topological polar surface area (TPSA) is 157 Å². The summed E-state index contributed by atoms with van der Waals surface area (Å²) < 4.78 is 11.7. The molecule has 4 aliphatic rings. The lowest BCUT2D eigenvalue weighted by Crippen LogP contribution is -2.75. The maximum Gasteiger partial charge on any atom is 0.338 e. The first-order valence-corrected chi connectivity index (χ1v) is 13.0. The molecule has 2 aliphatic heterocycles. The van der Waals surface area contributed by atoms with Crippen LogP contribution in [-0.4, -0.2) is 90.0 Å². The fourth-order valence-electron chi connectivity index (χ4n) is 7.99. The second-order valence-electron chi connectivity index (χ2n) is 11.9. The van der Waals surface area contributed by atoms with Crippen molar-refractivity contribution in [1.82, 2.24) is 0 Å². The summed E-state index contributed by atoms with van der Waals surface area (Å²) in [5, 5.41) is 70.3. The summed E-state index contributed by atoms with van der Waals surface area (Å²) in [7, 11) is 0. The fraction of sp³-hybridized carbons (Fsp3) is 0.679. The number of aliphatic hydroxyl groups excluding tert-OH is 3. The predicted octanol–water partition coefficient (Wildman–Crippen LogP) is 0.549. The molecule has 1 spiro atoms. The number of ether oxygens (including phenoxy) is 2. The molecule has 2 saturated heterocycles. The summed E-state index contributed by atoms with van der Waals surface area (Å²) in [4.78, 5) is 12.5. The zero-order chi connectivity index (χ0) is 27.1. The number of carbonyl (C=O) groups excluding carboxylic acids is 1. The number of carbonyl (C=O) groups is 1. The number of fused-ring (bicyclic) bond motifs is 4. The van der Waals surface area contributed by atoms with Gasteiger partial charge in [-0.05, 0) is 49.3 Å². The summed E-state index contributed by atoms with van der Waals surface area (Å²) >= 11 is 0. The average molecular weight is 519 g/mol. The highest BCUT2D eigenvalue weighted by molar-refractivity contribution is 5.89. The van der Waals surface area contributed by atoms with Crippen LogP contribution in [-0.2, 0) is 9.47 Å². The first-order valence-electron chi connectivity index (χ1n) is 13.0. The van der Waals surface area contributed by atoms with E-state index >= 15 is 0 Å². The Hall–Kier alpha value is -1.85. The fourth-order valence-corrected chi connectivity index (χ4v) is 7.99. The van der Waals surface area contributed by atoms with Crippen LogP contribution in [0.2, 0.25) is 0 Å². The van der Waals surface area contributed by atoms with E-state index in [1.54, 1.807) is 51.1 Å². The van der Waals surface area contributed by atoms with Crippen molar-refractivity contribution in [2.75, 3.05) is 6.61 Å². The van der Waals surface area contributed by atoms with Gasteiger partial charge in [-0.25, -0.2) is 4.79 Å². The number of benzene rings is 1. The monoisotopic (exact) mass is 518 g/mol. The molecule has 2 saturated carbocycles. The second-order valence-corrected chi connectivity index (χ2v) is 11.9. The molecule has 2 aliphatic carbocycles. The van der Waals surface area contributed by atoms with Crippen molar-refractivity contribution in [1.29, 1.82) is 0 Å². The van der Waals surface area contributed by atoms with Crippen molar-refractivity contribution in [2.45, 2.75) is 86.9 Å². The van der Waals surface area contributed by atoms with Crippen LogP contribution in [0.3, 0.4) is 0 Å². The number of hydrogen-bond donors (Lipinski definition) is 6. The Balaban J connectivity index is 1.54. The van der Waals surface area contributed by atoms with Crippen LogP contribution in [0.4, 0.5) is 0 Å². The molecule has 4 fully saturated rings.